The second-order valence-electron chi connectivity index (χ2n) is 10.1. The van der Waals surface area contributed by atoms with Gasteiger partial charge >= 0.3 is 5.55 Å². The van der Waals surface area contributed by atoms with Gasteiger partial charge in [-0.3, -0.25) is 4.79 Å². The highest BCUT2D eigenvalue weighted by Crippen LogP contribution is 2.29. The number of hydrogen-bond donors (Lipinski definition) is 0. The minimum Gasteiger partial charge on any atom is -0.361 e. The second kappa shape index (κ2) is 11.3. The molecule has 0 aliphatic carbocycles. The summed E-state index contributed by atoms with van der Waals surface area (Å²) in [4.78, 5) is 15.4. The number of sulfone groups is 2. The molecule has 37 heavy (non-hydrogen) atoms. The normalized spacial score (nSPS) is 12.1. The number of rotatable bonds is 6. The number of carbonyl (C=O) groups is 1. The number of nitrogens with zero attached hydrogens (tertiary/aromatic N) is 2. The molecular formula is C28H32N2O5S2. The Hall–Kier alpha value is -3.39. The number of benzene rings is 3. The molecule has 0 heterocycles. The van der Waals surface area contributed by atoms with Crippen LogP contribution in [0.3, 0.4) is 0 Å². The predicted octanol–water partition coefficient (Wildman–Crippen LogP) is 5.45. The molecule has 0 amide bonds. The van der Waals surface area contributed by atoms with Crippen LogP contribution in [0.1, 0.15) is 56.1 Å². The molecule has 196 valence electrons. The maximum absolute atomic E-state index is 12.8. The molecule has 0 N–H and O–H groups in total. The van der Waals surface area contributed by atoms with Gasteiger partial charge in [0.05, 0.1) is 9.79 Å². The van der Waals surface area contributed by atoms with Crippen molar-refractivity contribution in [2.45, 2.75) is 61.5 Å². The minimum atomic E-state index is -3.75. The largest absolute Gasteiger partial charge is 0.374 e. The van der Waals surface area contributed by atoms with Crippen LogP contribution in [-0.2, 0) is 25.1 Å². The summed E-state index contributed by atoms with van der Waals surface area (Å²) in [6.07, 6.45) is 0. The van der Waals surface area contributed by atoms with E-state index in [2.05, 4.69) is 4.79 Å². The number of Topliss-reactive ketones (excluding diaryl/α,β-unsaturated/α-hetero) is 1. The molecule has 0 aliphatic heterocycles. The fraction of sp³-hybridized carbons (Fsp3) is 0.286. The zero-order valence-corrected chi connectivity index (χ0v) is 23.5. The Morgan fingerprint density at radius 2 is 1.24 bits per heavy atom. The van der Waals surface area contributed by atoms with Crippen molar-refractivity contribution in [2.75, 3.05) is 0 Å². The van der Waals surface area contributed by atoms with E-state index in [1.807, 2.05) is 27.7 Å². The number of hydrogen-bond acceptors (Lipinski definition) is 5. The van der Waals surface area contributed by atoms with E-state index in [1.54, 1.807) is 66.7 Å². The molecule has 0 radical (unpaired) electrons. The fourth-order valence-corrected chi connectivity index (χ4v) is 5.55. The fourth-order valence-electron chi connectivity index (χ4n) is 3.34. The summed E-state index contributed by atoms with van der Waals surface area (Å²) in [6.45, 7) is 10.9. The van der Waals surface area contributed by atoms with E-state index in [1.165, 1.54) is 26.0 Å². The van der Waals surface area contributed by atoms with Gasteiger partial charge in [0.2, 0.25) is 0 Å². The molecule has 0 fully saturated rings. The van der Waals surface area contributed by atoms with E-state index in [9.17, 15) is 21.6 Å². The molecule has 0 aromatic heterocycles. The van der Waals surface area contributed by atoms with Crippen LogP contribution in [0.2, 0.25) is 0 Å². The molecule has 0 unspecified atom stereocenters. The van der Waals surface area contributed by atoms with E-state index in [0.717, 1.165) is 11.1 Å². The van der Waals surface area contributed by atoms with Gasteiger partial charge in [-0.15, -0.1) is 0 Å². The van der Waals surface area contributed by atoms with E-state index >= 15 is 0 Å². The molecule has 0 saturated heterocycles. The van der Waals surface area contributed by atoms with E-state index in [-0.39, 0.29) is 15.2 Å². The standard InChI is InChI=1S/C17H18O3S.C11H14N2O2S/c1-13-9-11-15(12-10-13)21(19,20)17(2,3)16(18)14-7-5-4-6-8-14;1-11(2,3)9-4-6-10(7-5-9)16(14,15)8-13-12/h4-12H,1-3H3;4-8H,1-3H3. The monoisotopic (exact) mass is 540 g/mol. The molecular weight excluding hydrogens is 508 g/mol. The second-order valence-corrected chi connectivity index (χ2v) is 14.3. The number of aryl methyl sites for hydroxylation is 1. The van der Waals surface area contributed by atoms with Crippen molar-refractivity contribution in [3.05, 3.63) is 101 Å². The molecule has 0 bridgehead atoms. The molecule has 0 saturated carbocycles. The van der Waals surface area contributed by atoms with Crippen molar-refractivity contribution in [1.29, 1.82) is 0 Å². The lowest BCUT2D eigenvalue weighted by molar-refractivity contribution is 0.00753. The smallest absolute Gasteiger partial charge is 0.361 e. The topological polar surface area (TPSA) is 122 Å². The van der Waals surface area contributed by atoms with Crippen LogP contribution in [0, 0.1) is 6.92 Å². The van der Waals surface area contributed by atoms with Crippen molar-refractivity contribution in [2.24, 2.45) is 0 Å². The number of carbonyl (C=O) groups excluding carboxylic acids is 1. The Bertz CT molecular complexity index is 1500. The van der Waals surface area contributed by atoms with Gasteiger partial charge in [-0.25, -0.2) is 16.8 Å². The summed E-state index contributed by atoms with van der Waals surface area (Å²) in [5.74, 6) is -0.399. The van der Waals surface area contributed by atoms with Crippen LogP contribution >= 0.6 is 0 Å². The first-order valence-corrected chi connectivity index (χ1v) is 14.5. The third-order valence-electron chi connectivity index (χ3n) is 5.82. The zero-order valence-electron chi connectivity index (χ0n) is 21.8. The molecule has 3 aromatic rings. The van der Waals surface area contributed by atoms with E-state index in [4.69, 9.17) is 5.53 Å². The highest BCUT2D eigenvalue weighted by atomic mass is 32.2. The highest BCUT2D eigenvalue weighted by Gasteiger charge is 2.42. The minimum absolute atomic E-state index is 0.0205. The highest BCUT2D eigenvalue weighted by molar-refractivity contribution is 8.04. The van der Waals surface area contributed by atoms with Gasteiger partial charge in [0.1, 0.15) is 4.75 Å². The van der Waals surface area contributed by atoms with E-state index < -0.39 is 30.2 Å². The quantitative estimate of drug-likeness (QED) is 0.135. The predicted molar refractivity (Wildman–Crippen MR) is 145 cm³/mol. The Morgan fingerprint density at radius 1 is 0.757 bits per heavy atom. The first kappa shape index (κ1) is 29.8. The van der Waals surface area contributed by atoms with Gasteiger partial charge in [-0.1, -0.05) is 80.9 Å². The molecule has 7 nitrogen and oxygen atoms in total. The molecule has 0 aliphatic rings. The lowest BCUT2D eigenvalue weighted by atomic mass is 9.87. The van der Waals surface area contributed by atoms with Gasteiger partial charge in [-0.2, -0.15) is 4.79 Å². The summed E-state index contributed by atoms with van der Waals surface area (Å²) in [5.41, 5.74) is 11.2. The van der Waals surface area contributed by atoms with Crippen molar-refractivity contribution < 1.29 is 26.4 Å². The van der Waals surface area contributed by atoms with Crippen LogP contribution in [-0.4, -0.2) is 37.7 Å². The van der Waals surface area contributed by atoms with Crippen molar-refractivity contribution in [3.8, 4) is 0 Å². The SMILES string of the molecule is CC(C)(C)c1ccc(S(=O)(=O)C=[N+]=[N-])cc1.Cc1ccc(S(=O)(=O)C(C)(C)C(=O)c2ccccc2)cc1. The van der Waals surface area contributed by atoms with E-state index in [0.29, 0.717) is 11.1 Å². The molecule has 0 atom stereocenters. The maximum atomic E-state index is 12.8. The van der Waals surface area contributed by atoms with Crippen LogP contribution < -0.4 is 0 Å². The Morgan fingerprint density at radius 3 is 1.70 bits per heavy atom. The van der Waals surface area contributed by atoms with Gasteiger partial charge < -0.3 is 5.53 Å². The van der Waals surface area contributed by atoms with Crippen molar-refractivity contribution >= 4 is 31.0 Å². The summed E-state index contributed by atoms with van der Waals surface area (Å²) in [5, 5.41) is 0. The molecule has 3 rings (SSSR count). The first-order valence-electron chi connectivity index (χ1n) is 11.5. The molecule has 9 heteroatoms. The lowest BCUT2D eigenvalue weighted by Crippen LogP contribution is -2.40. The third kappa shape index (κ3) is 7.10. The van der Waals surface area contributed by atoms with Gasteiger partial charge in [-0.05, 0) is 56.0 Å². The van der Waals surface area contributed by atoms with Gasteiger partial charge in [0.25, 0.3) is 9.84 Å². The van der Waals surface area contributed by atoms with Gasteiger partial charge in [0.15, 0.2) is 15.6 Å². The Labute approximate surface area is 219 Å². The maximum Gasteiger partial charge on any atom is 0.374 e. The summed E-state index contributed by atoms with van der Waals surface area (Å²) in [6, 6.07) is 21.6. The lowest BCUT2D eigenvalue weighted by Gasteiger charge is -2.23. The first-order chi connectivity index (χ1) is 17.0. The average Bonchev–Trinajstić information content (AvgIpc) is 2.84. The van der Waals surface area contributed by atoms with Crippen LogP contribution in [0.5, 0.6) is 0 Å². The van der Waals surface area contributed by atoms with Crippen molar-refractivity contribution in [1.82, 2.24) is 0 Å². The van der Waals surface area contributed by atoms with Crippen LogP contribution in [0.4, 0.5) is 0 Å². The Kier molecular flexibility index (Phi) is 9.14. The van der Waals surface area contributed by atoms with Crippen molar-refractivity contribution in [3.63, 3.8) is 0 Å². The summed E-state index contributed by atoms with van der Waals surface area (Å²) in [7, 11) is -7.37. The summed E-state index contributed by atoms with van der Waals surface area (Å²) < 4.78 is 47.0. The third-order valence-corrected chi connectivity index (χ3v) is 9.54. The zero-order chi connectivity index (χ0) is 28.1. The van der Waals surface area contributed by atoms with Gasteiger partial charge in [0, 0.05) is 5.56 Å². The Balaban J connectivity index is 0.000000271. The molecule has 0 spiro atoms. The average molecular weight is 541 g/mol. The summed E-state index contributed by atoms with van der Waals surface area (Å²) >= 11 is 0. The molecule has 3 aromatic carbocycles. The van der Waals surface area contributed by atoms with Crippen LogP contribution in [0.15, 0.2) is 88.7 Å². The van der Waals surface area contributed by atoms with Crippen LogP contribution in [0.25, 0.3) is 5.53 Å². The number of ketones is 1.